The summed E-state index contributed by atoms with van der Waals surface area (Å²) in [7, 11) is 0. The number of nitro benzene ring substituents is 2. The number of hydrogen-bond acceptors (Lipinski definition) is 8. The van der Waals surface area contributed by atoms with Crippen molar-refractivity contribution in [3.8, 4) is 11.5 Å². The van der Waals surface area contributed by atoms with Crippen LogP contribution in [0.5, 0.6) is 11.5 Å². The zero-order valence-corrected chi connectivity index (χ0v) is 22.1. The van der Waals surface area contributed by atoms with Gasteiger partial charge in [0.1, 0.15) is 24.7 Å². The normalized spacial score (nSPS) is 12.7. The Labute approximate surface area is 239 Å². The number of nitrogens with one attached hydrogen (secondary N) is 2. The Morgan fingerprint density at radius 1 is 0.619 bits per heavy atom. The summed E-state index contributed by atoms with van der Waals surface area (Å²) in [6, 6.07) is 23.4. The minimum absolute atomic E-state index is 0.0270. The lowest BCUT2D eigenvalue weighted by molar-refractivity contribution is -0.385. The fourth-order valence-electron chi connectivity index (χ4n) is 4.42. The molecule has 0 saturated carbocycles. The highest BCUT2D eigenvalue weighted by atomic mass is 16.6. The molecule has 12 nitrogen and oxygen atoms in total. The Kier molecular flexibility index (Phi) is 8.05. The van der Waals surface area contributed by atoms with Crippen LogP contribution < -0.4 is 20.1 Å². The highest BCUT2D eigenvalue weighted by Crippen LogP contribution is 2.29. The van der Waals surface area contributed by atoms with Gasteiger partial charge in [-0.05, 0) is 34.4 Å². The first-order chi connectivity index (χ1) is 20.2. The first kappa shape index (κ1) is 27.8. The maximum atomic E-state index is 11.3. The number of amides is 2. The van der Waals surface area contributed by atoms with Crippen molar-refractivity contribution in [3.05, 3.63) is 127 Å². The molecule has 0 aliphatic carbocycles. The molecule has 2 amide bonds. The van der Waals surface area contributed by atoms with Crippen LogP contribution in [0.1, 0.15) is 22.3 Å². The first-order valence-electron chi connectivity index (χ1n) is 12.8. The van der Waals surface area contributed by atoms with Crippen molar-refractivity contribution in [3.63, 3.8) is 0 Å². The standard InChI is InChI=1S/2C15H12N2O4/c2*18-15-7-11-4-5-13(8-14(11)16-15)21-9-10-2-1-3-12(6-10)17(19)20/h2*1-6,8H,7,9H2,(H,16,18). The van der Waals surface area contributed by atoms with Crippen LogP contribution in [0.25, 0.3) is 0 Å². The monoisotopic (exact) mass is 568 g/mol. The zero-order valence-electron chi connectivity index (χ0n) is 22.1. The van der Waals surface area contributed by atoms with Crippen LogP contribution in [0, 0.1) is 20.2 Å². The molecule has 212 valence electrons. The van der Waals surface area contributed by atoms with Crippen LogP contribution in [0.2, 0.25) is 0 Å². The average Bonchev–Trinajstić information content (AvgIpc) is 3.55. The SMILES string of the molecule is O=C1Cc2ccc(OCc3cccc([N+](=O)[O-])c3)cc2N1.O=C1Cc2ccc(OCc3cccc([N+](=O)[O-])c3)cc2N1. The Balaban J connectivity index is 0.000000168. The van der Waals surface area contributed by atoms with Crippen molar-refractivity contribution >= 4 is 34.6 Å². The van der Waals surface area contributed by atoms with Crippen LogP contribution in [0.15, 0.2) is 84.9 Å². The Bertz CT molecular complexity index is 1580. The lowest BCUT2D eigenvalue weighted by Crippen LogP contribution is -2.03. The fraction of sp³-hybridized carbons (Fsp3) is 0.133. The van der Waals surface area contributed by atoms with E-state index in [9.17, 15) is 29.8 Å². The summed E-state index contributed by atoms with van der Waals surface area (Å²) in [4.78, 5) is 43.1. The lowest BCUT2D eigenvalue weighted by atomic mass is 10.1. The van der Waals surface area contributed by atoms with Crippen molar-refractivity contribution in [2.75, 3.05) is 10.6 Å². The van der Waals surface area contributed by atoms with Gasteiger partial charge in [0.15, 0.2) is 0 Å². The second-order valence-corrected chi connectivity index (χ2v) is 9.52. The molecule has 12 heteroatoms. The molecule has 4 aromatic rings. The van der Waals surface area contributed by atoms with Gasteiger partial charge < -0.3 is 20.1 Å². The second-order valence-electron chi connectivity index (χ2n) is 9.52. The lowest BCUT2D eigenvalue weighted by Gasteiger charge is -2.08. The minimum atomic E-state index is -0.436. The number of benzene rings is 4. The molecule has 0 aromatic heterocycles. The van der Waals surface area contributed by atoms with Gasteiger partial charge in [-0.3, -0.25) is 29.8 Å². The van der Waals surface area contributed by atoms with Crippen LogP contribution in [-0.2, 0) is 35.6 Å². The number of hydrogen-bond donors (Lipinski definition) is 2. The van der Waals surface area contributed by atoms with Crippen LogP contribution in [0.3, 0.4) is 0 Å². The highest BCUT2D eigenvalue weighted by molar-refractivity contribution is 5.99. The quantitative estimate of drug-likeness (QED) is 0.213. The first-order valence-corrected chi connectivity index (χ1v) is 12.8. The van der Waals surface area contributed by atoms with Gasteiger partial charge >= 0.3 is 0 Å². The van der Waals surface area contributed by atoms with Crippen molar-refractivity contribution in [1.82, 2.24) is 0 Å². The number of carbonyl (C=O) groups excluding carboxylic acids is 2. The molecule has 2 aliphatic rings. The Morgan fingerprint density at radius 3 is 1.45 bits per heavy atom. The summed E-state index contributed by atoms with van der Waals surface area (Å²) >= 11 is 0. The molecule has 4 aromatic carbocycles. The van der Waals surface area contributed by atoms with E-state index in [4.69, 9.17) is 9.47 Å². The van der Waals surface area contributed by atoms with E-state index in [1.54, 1.807) is 48.5 Å². The Hall–Kier alpha value is -5.78. The number of carbonyl (C=O) groups is 2. The van der Waals surface area contributed by atoms with Crippen molar-refractivity contribution in [2.45, 2.75) is 26.1 Å². The van der Waals surface area contributed by atoms with Gasteiger partial charge in [-0.1, -0.05) is 36.4 Å². The summed E-state index contributed by atoms with van der Waals surface area (Å²) in [6.07, 6.45) is 0.779. The summed E-state index contributed by atoms with van der Waals surface area (Å²) in [5.74, 6) is 1.17. The summed E-state index contributed by atoms with van der Waals surface area (Å²) in [5, 5.41) is 26.9. The van der Waals surface area contributed by atoms with E-state index in [1.165, 1.54) is 24.3 Å². The number of ether oxygens (including phenoxy) is 2. The van der Waals surface area contributed by atoms with Gasteiger partial charge in [0.05, 0.1) is 22.7 Å². The second kappa shape index (κ2) is 12.2. The van der Waals surface area contributed by atoms with Crippen LogP contribution in [0.4, 0.5) is 22.7 Å². The largest absolute Gasteiger partial charge is 0.489 e. The molecular weight excluding hydrogens is 544 g/mol. The zero-order chi connectivity index (χ0) is 29.6. The van der Waals surface area contributed by atoms with E-state index in [-0.39, 0.29) is 36.4 Å². The molecule has 0 radical (unpaired) electrons. The molecule has 0 bridgehead atoms. The number of nitro groups is 2. The van der Waals surface area contributed by atoms with Gasteiger partial charge in [0, 0.05) is 47.8 Å². The van der Waals surface area contributed by atoms with Crippen molar-refractivity contribution in [2.24, 2.45) is 0 Å². The fourth-order valence-corrected chi connectivity index (χ4v) is 4.42. The maximum absolute atomic E-state index is 11.3. The van der Waals surface area contributed by atoms with Gasteiger partial charge in [-0.25, -0.2) is 0 Å². The molecule has 0 atom stereocenters. The molecule has 42 heavy (non-hydrogen) atoms. The molecule has 2 N–H and O–H groups in total. The van der Waals surface area contributed by atoms with Gasteiger partial charge in [-0.15, -0.1) is 0 Å². The van der Waals surface area contributed by atoms with Gasteiger partial charge in [0.25, 0.3) is 11.4 Å². The summed E-state index contributed by atoms with van der Waals surface area (Å²) in [5.41, 5.74) is 4.93. The highest BCUT2D eigenvalue weighted by Gasteiger charge is 2.19. The number of non-ortho nitro benzene ring substituents is 2. The van der Waals surface area contributed by atoms with Crippen molar-refractivity contribution < 1.29 is 28.9 Å². The number of fused-ring (bicyclic) bond motifs is 2. The third-order valence-electron chi connectivity index (χ3n) is 6.47. The molecule has 6 rings (SSSR count). The Morgan fingerprint density at radius 2 is 1.05 bits per heavy atom. The van der Waals surface area contributed by atoms with Gasteiger partial charge in [0.2, 0.25) is 11.8 Å². The average molecular weight is 569 g/mol. The topological polar surface area (TPSA) is 163 Å². The number of rotatable bonds is 8. The molecule has 2 heterocycles. The van der Waals surface area contributed by atoms with E-state index in [2.05, 4.69) is 10.6 Å². The number of anilines is 2. The van der Waals surface area contributed by atoms with Crippen LogP contribution in [-0.4, -0.2) is 21.7 Å². The van der Waals surface area contributed by atoms with Gasteiger partial charge in [-0.2, -0.15) is 0 Å². The van der Waals surface area contributed by atoms with E-state index in [0.29, 0.717) is 35.5 Å². The molecule has 0 spiro atoms. The van der Waals surface area contributed by atoms with E-state index in [0.717, 1.165) is 22.5 Å². The number of nitrogens with zero attached hydrogens (tertiary/aromatic N) is 2. The molecule has 0 saturated heterocycles. The van der Waals surface area contributed by atoms with E-state index in [1.807, 2.05) is 12.1 Å². The summed E-state index contributed by atoms with van der Waals surface area (Å²) < 4.78 is 11.2. The van der Waals surface area contributed by atoms with E-state index < -0.39 is 9.85 Å². The maximum Gasteiger partial charge on any atom is 0.269 e. The van der Waals surface area contributed by atoms with Crippen molar-refractivity contribution in [1.29, 1.82) is 0 Å². The van der Waals surface area contributed by atoms with Crippen LogP contribution >= 0.6 is 0 Å². The molecular formula is C30H24N4O8. The van der Waals surface area contributed by atoms with E-state index >= 15 is 0 Å². The predicted molar refractivity (Wildman–Crippen MR) is 152 cm³/mol. The third-order valence-corrected chi connectivity index (χ3v) is 6.47. The predicted octanol–water partition coefficient (Wildman–Crippen LogP) is 5.34. The smallest absolute Gasteiger partial charge is 0.269 e. The molecule has 0 unspecified atom stereocenters. The minimum Gasteiger partial charge on any atom is -0.489 e. The molecule has 2 aliphatic heterocycles. The summed E-state index contributed by atoms with van der Waals surface area (Å²) in [6.45, 7) is 0.461. The molecule has 0 fully saturated rings. The third kappa shape index (κ3) is 6.86.